The molecule has 10 nitrogen and oxygen atoms in total. The van der Waals surface area contributed by atoms with Crippen molar-refractivity contribution in [1.82, 2.24) is 15.2 Å². The fourth-order valence-corrected chi connectivity index (χ4v) is 5.57. The molecule has 1 saturated heterocycles. The highest BCUT2D eigenvalue weighted by Crippen LogP contribution is 2.20. The number of amides is 2. The van der Waals surface area contributed by atoms with Crippen LogP contribution in [0.15, 0.2) is 52.3 Å². The first kappa shape index (κ1) is 27.1. The van der Waals surface area contributed by atoms with Crippen molar-refractivity contribution in [3.63, 3.8) is 0 Å². The van der Waals surface area contributed by atoms with Gasteiger partial charge in [0.1, 0.15) is 6.54 Å². The van der Waals surface area contributed by atoms with Crippen LogP contribution in [0.5, 0.6) is 0 Å². The van der Waals surface area contributed by atoms with E-state index < -0.39 is 25.8 Å². The number of hydrogen-bond acceptors (Lipinski definition) is 7. The predicted molar refractivity (Wildman–Crippen MR) is 132 cm³/mol. The second-order valence-corrected chi connectivity index (χ2v) is 12.6. The summed E-state index contributed by atoms with van der Waals surface area (Å²) >= 11 is 5.92. The van der Waals surface area contributed by atoms with E-state index in [4.69, 9.17) is 11.6 Å². The second-order valence-electron chi connectivity index (χ2n) is 8.24. The number of alkyl halides is 1. The van der Waals surface area contributed by atoms with E-state index in [1.807, 2.05) is 0 Å². The summed E-state index contributed by atoms with van der Waals surface area (Å²) in [7, 11) is -7.18. The van der Waals surface area contributed by atoms with Gasteiger partial charge in [0, 0.05) is 31.5 Å². The summed E-state index contributed by atoms with van der Waals surface area (Å²) < 4.78 is 51.4. The van der Waals surface area contributed by atoms with E-state index in [9.17, 15) is 26.4 Å². The Bertz CT molecular complexity index is 1310. The molecule has 2 amide bonds. The minimum Gasteiger partial charge on any atom is -0.324 e. The van der Waals surface area contributed by atoms with Gasteiger partial charge in [-0.1, -0.05) is 18.2 Å². The molecule has 0 aliphatic carbocycles. The third-order valence-electron chi connectivity index (χ3n) is 5.32. The summed E-state index contributed by atoms with van der Waals surface area (Å²) in [6.07, 6.45) is 1.61. The van der Waals surface area contributed by atoms with Gasteiger partial charge < -0.3 is 5.32 Å². The Morgan fingerprint density at radius 2 is 1.83 bits per heavy atom. The molecule has 0 aromatic heterocycles. The van der Waals surface area contributed by atoms with Crippen molar-refractivity contribution >= 4 is 49.0 Å². The zero-order valence-electron chi connectivity index (χ0n) is 19.2. The minimum absolute atomic E-state index is 0.0138. The van der Waals surface area contributed by atoms with E-state index in [-0.39, 0.29) is 46.3 Å². The number of hydrogen-bond donors (Lipinski definition) is 3. The van der Waals surface area contributed by atoms with Gasteiger partial charge in [0.15, 0.2) is 9.84 Å². The molecule has 1 heterocycles. The minimum atomic E-state index is -3.88. The number of anilines is 1. The molecule has 0 bridgehead atoms. The topological polar surface area (TPSA) is 142 Å². The molecular weight excluding hydrogens is 516 g/mol. The van der Waals surface area contributed by atoms with Gasteiger partial charge in [-0.25, -0.2) is 27.0 Å². The van der Waals surface area contributed by atoms with Crippen molar-refractivity contribution in [3.8, 4) is 0 Å². The Labute approximate surface area is 210 Å². The molecule has 1 fully saturated rings. The highest BCUT2D eigenvalue weighted by Gasteiger charge is 2.26. The molecule has 1 atom stereocenters. The maximum atomic E-state index is 12.9. The summed E-state index contributed by atoms with van der Waals surface area (Å²) in [5, 5.41) is 3.47. The third kappa shape index (κ3) is 7.48. The summed E-state index contributed by atoms with van der Waals surface area (Å²) in [6, 6.07) is 10.8. The average molecular weight is 543 g/mol. The van der Waals surface area contributed by atoms with Gasteiger partial charge in [-0.3, -0.25) is 14.6 Å². The van der Waals surface area contributed by atoms with Crippen LogP contribution in [0.1, 0.15) is 17.5 Å². The van der Waals surface area contributed by atoms with Crippen LogP contribution in [-0.4, -0.2) is 64.9 Å². The number of carbonyl (C=O) groups is 2. The van der Waals surface area contributed by atoms with Crippen molar-refractivity contribution in [2.45, 2.75) is 34.9 Å². The molecule has 0 radical (unpaired) electrons. The summed E-state index contributed by atoms with van der Waals surface area (Å²) in [5.74, 6) is -0.787. The maximum absolute atomic E-state index is 12.9. The Morgan fingerprint density at radius 3 is 2.46 bits per heavy atom. The number of sulfonamides is 1. The zero-order valence-corrected chi connectivity index (χ0v) is 21.6. The predicted octanol–water partition coefficient (Wildman–Crippen LogP) is 1.20. The maximum Gasteiger partial charge on any atom is 0.245 e. The lowest BCUT2D eigenvalue weighted by atomic mass is 10.2. The van der Waals surface area contributed by atoms with Crippen molar-refractivity contribution < 1.29 is 26.4 Å². The van der Waals surface area contributed by atoms with Gasteiger partial charge in [-0.05, 0) is 48.7 Å². The van der Waals surface area contributed by atoms with Crippen LogP contribution >= 0.6 is 11.6 Å². The highest BCUT2D eigenvalue weighted by molar-refractivity contribution is 7.90. The normalized spacial score (nSPS) is 16.8. The number of rotatable bonds is 9. The fraction of sp³-hybridized carbons (Fsp3) is 0.364. The standard InChI is InChI=1S/C22H27ClN4O6S2/c1-15-3-6-18(26-21(28)14-27-22(29)11-17(23)13-24-27)12-20(15)35(32,33)25-10-9-16-4-7-19(8-5-16)34(2,30)31/h3-8,12,17,24-25H,9-11,13-14H2,1-2H3,(H,26,28). The van der Waals surface area contributed by atoms with E-state index in [0.29, 0.717) is 18.5 Å². The molecule has 13 heteroatoms. The van der Waals surface area contributed by atoms with Crippen molar-refractivity contribution in [1.29, 1.82) is 0 Å². The molecule has 0 spiro atoms. The average Bonchev–Trinajstić information content (AvgIpc) is 2.76. The largest absolute Gasteiger partial charge is 0.324 e. The van der Waals surface area contributed by atoms with Crippen molar-refractivity contribution in [2.24, 2.45) is 0 Å². The number of aryl methyl sites for hydroxylation is 1. The van der Waals surface area contributed by atoms with E-state index >= 15 is 0 Å². The van der Waals surface area contributed by atoms with Crippen LogP contribution in [0.3, 0.4) is 0 Å². The highest BCUT2D eigenvalue weighted by atomic mass is 35.5. The van der Waals surface area contributed by atoms with E-state index in [1.54, 1.807) is 31.2 Å². The molecule has 1 aliphatic heterocycles. The monoisotopic (exact) mass is 542 g/mol. The summed E-state index contributed by atoms with van der Waals surface area (Å²) in [4.78, 5) is 24.6. The van der Waals surface area contributed by atoms with Crippen LogP contribution in [0.4, 0.5) is 5.69 Å². The SMILES string of the molecule is Cc1ccc(NC(=O)CN2NCC(Cl)CC2=O)cc1S(=O)(=O)NCCc1ccc(S(C)(=O)=O)cc1. The number of nitrogens with zero attached hydrogens (tertiary/aromatic N) is 1. The molecular formula is C22H27ClN4O6S2. The van der Waals surface area contributed by atoms with Gasteiger partial charge in [-0.15, -0.1) is 11.6 Å². The van der Waals surface area contributed by atoms with Crippen LogP contribution < -0.4 is 15.5 Å². The van der Waals surface area contributed by atoms with Gasteiger partial charge in [0.05, 0.1) is 15.2 Å². The van der Waals surface area contributed by atoms with Crippen molar-refractivity contribution in [3.05, 3.63) is 53.6 Å². The van der Waals surface area contributed by atoms with Crippen LogP contribution in [0.2, 0.25) is 0 Å². The molecule has 3 N–H and O–H groups in total. The number of benzene rings is 2. The van der Waals surface area contributed by atoms with Crippen LogP contribution in [0, 0.1) is 6.92 Å². The Hall–Kier alpha value is -2.51. The number of sulfone groups is 1. The molecule has 2 aromatic rings. The zero-order chi connectivity index (χ0) is 25.8. The van der Waals surface area contributed by atoms with E-state index in [1.165, 1.54) is 23.2 Å². The molecule has 190 valence electrons. The lowest BCUT2D eigenvalue weighted by Gasteiger charge is -2.29. The first-order chi connectivity index (χ1) is 16.3. The molecule has 0 saturated carbocycles. The lowest BCUT2D eigenvalue weighted by Crippen LogP contribution is -2.53. The Kier molecular flexibility index (Phi) is 8.54. The van der Waals surface area contributed by atoms with Crippen LogP contribution in [0.25, 0.3) is 0 Å². The number of halogens is 1. The smallest absolute Gasteiger partial charge is 0.245 e. The Balaban J connectivity index is 1.61. The molecule has 2 aromatic carbocycles. The molecule has 35 heavy (non-hydrogen) atoms. The van der Waals surface area contributed by atoms with Gasteiger partial charge >= 0.3 is 0 Å². The Morgan fingerprint density at radius 1 is 1.14 bits per heavy atom. The number of carbonyl (C=O) groups excluding carboxylic acids is 2. The first-order valence-electron chi connectivity index (χ1n) is 10.7. The fourth-order valence-electron chi connectivity index (χ4n) is 3.44. The van der Waals surface area contributed by atoms with E-state index in [0.717, 1.165) is 11.8 Å². The van der Waals surface area contributed by atoms with E-state index in [2.05, 4.69) is 15.5 Å². The molecule has 3 rings (SSSR count). The van der Waals surface area contributed by atoms with Crippen molar-refractivity contribution in [2.75, 3.05) is 31.2 Å². The van der Waals surface area contributed by atoms with Crippen LogP contribution in [-0.2, 0) is 35.9 Å². The lowest BCUT2D eigenvalue weighted by molar-refractivity contribution is -0.140. The summed E-state index contributed by atoms with van der Waals surface area (Å²) in [5.41, 5.74) is 4.33. The van der Waals surface area contributed by atoms with Gasteiger partial charge in [0.25, 0.3) is 0 Å². The van der Waals surface area contributed by atoms with Gasteiger partial charge in [-0.2, -0.15) is 0 Å². The van der Waals surface area contributed by atoms with Gasteiger partial charge in [0.2, 0.25) is 21.8 Å². The summed E-state index contributed by atoms with van der Waals surface area (Å²) in [6.45, 7) is 1.86. The quantitative estimate of drug-likeness (QED) is 0.404. The number of nitrogens with one attached hydrogen (secondary N) is 3. The third-order valence-corrected chi connectivity index (χ3v) is 8.36. The number of hydrazine groups is 1. The second kappa shape index (κ2) is 11.0. The first-order valence-corrected chi connectivity index (χ1v) is 14.5. The molecule has 1 aliphatic rings. The molecule has 1 unspecified atom stereocenters.